The highest BCUT2D eigenvalue weighted by atomic mass is 35.5. The van der Waals surface area contributed by atoms with Crippen LogP contribution in [0.15, 0.2) is 0 Å². The van der Waals surface area contributed by atoms with Crippen molar-refractivity contribution in [3.05, 3.63) is 0 Å². The fourth-order valence-corrected chi connectivity index (χ4v) is 1.65. The molecule has 0 amide bonds. The van der Waals surface area contributed by atoms with Crippen LogP contribution in [0, 0.1) is 0 Å². The van der Waals surface area contributed by atoms with Crippen molar-refractivity contribution >= 4 is 11.6 Å². The van der Waals surface area contributed by atoms with E-state index in [4.69, 9.17) is 17.4 Å². The first-order valence-corrected chi connectivity index (χ1v) is 3.86. The van der Waals surface area contributed by atoms with E-state index in [1.807, 2.05) is 0 Å². The van der Waals surface area contributed by atoms with Crippen LogP contribution in [-0.2, 0) is 0 Å². The first-order valence-electron chi connectivity index (χ1n) is 3.43. The zero-order chi connectivity index (χ0) is 6.69. The van der Waals surface area contributed by atoms with E-state index >= 15 is 0 Å². The third-order valence-corrected chi connectivity index (χ3v) is 2.24. The highest BCUT2D eigenvalue weighted by Crippen LogP contribution is 2.21. The minimum absolute atomic E-state index is 0.347. The molecule has 0 spiro atoms. The maximum absolute atomic E-state index is 5.89. The van der Waals surface area contributed by atoms with E-state index in [9.17, 15) is 0 Å². The maximum Gasteiger partial charge on any atom is 0.0351 e. The van der Waals surface area contributed by atoms with Gasteiger partial charge >= 0.3 is 0 Å². The van der Waals surface area contributed by atoms with E-state index in [0.29, 0.717) is 11.4 Å². The second kappa shape index (κ2) is 3.40. The molecule has 2 atom stereocenters. The highest BCUT2D eigenvalue weighted by Gasteiger charge is 2.18. The highest BCUT2D eigenvalue weighted by molar-refractivity contribution is 6.20. The average Bonchev–Trinajstić information content (AvgIpc) is 1.88. The van der Waals surface area contributed by atoms with E-state index in [0.717, 1.165) is 12.8 Å². The number of hydrogen-bond acceptors (Lipinski definition) is 2. The van der Waals surface area contributed by atoms with E-state index in [2.05, 4.69) is 5.43 Å². The first kappa shape index (κ1) is 7.32. The van der Waals surface area contributed by atoms with Gasteiger partial charge in [-0.2, -0.15) is 0 Å². The van der Waals surface area contributed by atoms with Crippen molar-refractivity contribution in [1.82, 2.24) is 5.43 Å². The Balaban J connectivity index is 2.23. The molecular weight excluding hydrogens is 136 g/mol. The van der Waals surface area contributed by atoms with Crippen LogP contribution in [0.4, 0.5) is 0 Å². The van der Waals surface area contributed by atoms with E-state index < -0.39 is 0 Å². The fraction of sp³-hybridized carbons (Fsp3) is 1.00. The summed E-state index contributed by atoms with van der Waals surface area (Å²) >= 11 is 5.89. The second-order valence-corrected chi connectivity index (χ2v) is 3.24. The van der Waals surface area contributed by atoms with Gasteiger partial charge in [0.2, 0.25) is 0 Å². The lowest BCUT2D eigenvalue weighted by atomic mass is 9.96. The molecule has 0 radical (unpaired) electrons. The summed E-state index contributed by atoms with van der Waals surface area (Å²) in [4.78, 5) is 0. The minimum Gasteiger partial charge on any atom is -0.271 e. The van der Waals surface area contributed by atoms with Gasteiger partial charge in [0.1, 0.15) is 0 Å². The first-order chi connectivity index (χ1) is 4.33. The number of nitrogens with one attached hydrogen (secondary N) is 1. The molecule has 1 aliphatic carbocycles. The van der Waals surface area contributed by atoms with Crippen LogP contribution in [0.3, 0.4) is 0 Å². The number of rotatable bonds is 1. The molecular formula is C6H13ClN2. The Bertz CT molecular complexity index is 87.1. The van der Waals surface area contributed by atoms with Crippen LogP contribution in [0.2, 0.25) is 0 Å². The van der Waals surface area contributed by atoms with Crippen molar-refractivity contribution in [2.75, 3.05) is 0 Å². The molecule has 1 aliphatic rings. The quantitative estimate of drug-likeness (QED) is 0.331. The van der Waals surface area contributed by atoms with Crippen LogP contribution in [0.25, 0.3) is 0 Å². The summed E-state index contributed by atoms with van der Waals surface area (Å²) in [5.74, 6) is 5.26. The zero-order valence-electron chi connectivity index (χ0n) is 5.44. The molecule has 1 saturated carbocycles. The number of alkyl halides is 1. The molecule has 0 aromatic heterocycles. The topological polar surface area (TPSA) is 38.0 Å². The molecule has 2 nitrogen and oxygen atoms in total. The van der Waals surface area contributed by atoms with Crippen molar-refractivity contribution in [2.45, 2.75) is 37.1 Å². The van der Waals surface area contributed by atoms with Gasteiger partial charge in [0.05, 0.1) is 0 Å². The molecule has 54 valence electrons. The van der Waals surface area contributed by atoms with Crippen LogP contribution >= 0.6 is 11.6 Å². The van der Waals surface area contributed by atoms with Crippen molar-refractivity contribution in [3.63, 3.8) is 0 Å². The molecule has 3 N–H and O–H groups in total. The molecule has 0 bridgehead atoms. The standard InChI is InChI=1S/C6H13ClN2/c7-5-2-1-3-6(4-5)9-8/h5-6,9H,1-4,8H2. The Labute approximate surface area is 60.7 Å². The Hall–Kier alpha value is 0.210. The lowest BCUT2D eigenvalue weighted by molar-refractivity contribution is 0.384. The predicted molar refractivity (Wildman–Crippen MR) is 39.2 cm³/mol. The van der Waals surface area contributed by atoms with E-state index in [-0.39, 0.29) is 0 Å². The van der Waals surface area contributed by atoms with Gasteiger partial charge in [0, 0.05) is 11.4 Å². The zero-order valence-corrected chi connectivity index (χ0v) is 6.19. The summed E-state index contributed by atoms with van der Waals surface area (Å²) in [6.07, 6.45) is 4.57. The second-order valence-electron chi connectivity index (χ2n) is 2.63. The van der Waals surface area contributed by atoms with Gasteiger partial charge in [-0.15, -0.1) is 11.6 Å². The third kappa shape index (κ3) is 2.12. The molecule has 0 aromatic carbocycles. The van der Waals surface area contributed by atoms with Gasteiger partial charge < -0.3 is 0 Å². The Morgan fingerprint density at radius 1 is 1.44 bits per heavy atom. The van der Waals surface area contributed by atoms with Crippen LogP contribution < -0.4 is 11.3 Å². The van der Waals surface area contributed by atoms with Gasteiger partial charge in [-0.1, -0.05) is 6.42 Å². The number of hydrogen-bond donors (Lipinski definition) is 2. The smallest absolute Gasteiger partial charge is 0.0351 e. The molecule has 0 aliphatic heterocycles. The lowest BCUT2D eigenvalue weighted by Gasteiger charge is -2.24. The maximum atomic E-state index is 5.89. The van der Waals surface area contributed by atoms with Crippen molar-refractivity contribution in [3.8, 4) is 0 Å². The van der Waals surface area contributed by atoms with Crippen molar-refractivity contribution in [2.24, 2.45) is 5.84 Å². The summed E-state index contributed by atoms with van der Waals surface area (Å²) < 4.78 is 0. The summed E-state index contributed by atoms with van der Waals surface area (Å²) in [5.41, 5.74) is 2.75. The van der Waals surface area contributed by atoms with Crippen molar-refractivity contribution < 1.29 is 0 Å². The number of nitrogens with two attached hydrogens (primary N) is 1. The van der Waals surface area contributed by atoms with Gasteiger partial charge in [0.25, 0.3) is 0 Å². The Morgan fingerprint density at radius 2 is 2.22 bits per heavy atom. The van der Waals surface area contributed by atoms with Crippen LogP contribution in [-0.4, -0.2) is 11.4 Å². The minimum atomic E-state index is 0.347. The Morgan fingerprint density at radius 3 is 2.67 bits per heavy atom. The lowest BCUT2D eigenvalue weighted by Crippen LogP contribution is -2.38. The van der Waals surface area contributed by atoms with Crippen LogP contribution in [0.1, 0.15) is 25.7 Å². The molecule has 9 heavy (non-hydrogen) atoms. The Kier molecular flexibility index (Phi) is 2.76. The van der Waals surface area contributed by atoms with Gasteiger partial charge in [-0.3, -0.25) is 11.3 Å². The van der Waals surface area contributed by atoms with Gasteiger partial charge in [0.15, 0.2) is 0 Å². The molecule has 0 saturated heterocycles. The largest absolute Gasteiger partial charge is 0.271 e. The van der Waals surface area contributed by atoms with Gasteiger partial charge in [-0.25, -0.2) is 0 Å². The molecule has 3 heteroatoms. The summed E-state index contributed by atoms with van der Waals surface area (Å²) in [6, 6.07) is 0.459. The number of hydrazine groups is 1. The summed E-state index contributed by atoms with van der Waals surface area (Å²) in [6.45, 7) is 0. The van der Waals surface area contributed by atoms with E-state index in [1.54, 1.807) is 0 Å². The molecule has 1 rings (SSSR count). The molecule has 1 fully saturated rings. The molecule has 0 heterocycles. The molecule has 2 unspecified atom stereocenters. The van der Waals surface area contributed by atoms with E-state index in [1.165, 1.54) is 12.8 Å². The fourth-order valence-electron chi connectivity index (χ4n) is 1.28. The number of halogens is 1. The summed E-state index contributed by atoms with van der Waals surface area (Å²) in [5, 5.41) is 0.347. The van der Waals surface area contributed by atoms with Gasteiger partial charge in [-0.05, 0) is 19.3 Å². The third-order valence-electron chi connectivity index (χ3n) is 1.85. The average molecular weight is 149 g/mol. The summed E-state index contributed by atoms with van der Waals surface area (Å²) in [7, 11) is 0. The van der Waals surface area contributed by atoms with Crippen LogP contribution in [0.5, 0.6) is 0 Å². The predicted octanol–water partition coefficient (Wildman–Crippen LogP) is 1.000. The van der Waals surface area contributed by atoms with Crippen molar-refractivity contribution in [1.29, 1.82) is 0 Å². The SMILES string of the molecule is NNC1CCCC(Cl)C1. The monoisotopic (exact) mass is 148 g/mol. The molecule has 0 aromatic rings. The normalized spacial score (nSPS) is 36.7.